The first-order chi connectivity index (χ1) is 9.16. The second kappa shape index (κ2) is 5.14. The van der Waals surface area contributed by atoms with Crippen LogP contribution in [0.5, 0.6) is 0 Å². The van der Waals surface area contributed by atoms with E-state index >= 15 is 0 Å². The summed E-state index contributed by atoms with van der Waals surface area (Å²) < 4.78 is 0. The molecule has 2 atom stereocenters. The number of fused-ring (bicyclic) bond motifs is 1. The van der Waals surface area contributed by atoms with Gasteiger partial charge in [-0.3, -0.25) is 4.79 Å². The molecule has 1 amide bonds. The van der Waals surface area contributed by atoms with Gasteiger partial charge in [-0.25, -0.2) is 0 Å². The monoisotopic (exact) mass is 278 g/mol. The van der Waals surface area contributed by atoms with Crippen LogP contribution in [0, 0.1) is 5.92 Å². The predicted molar refractivity (Wildman–Crippen MR) is 77.7 cm³/mol. The molecule has 1 aromatic carbocycles. The molecule has 0 radical (unpaired) electrons. The summed E-state index contributed by atoms with van der Waals surface area (Å²) in [7, 11) is 0. The lowest BCUT2D eigenvalue weighted by Crippen LogP contribution is -2.43. The van der Waals surface area contributed by atoms with Gasteiger partial charge in [-0.05, 0) is 50.4 Å². The fourth-order valence-electron chi connectivity index (χ4n) is 3.20. The smallest absolute Gasteiger partial charge is 0.230 e. The van der Waals surface area contributed by atoms with Crippen LogP contribution in [0.2, 0.25) is 5.02 Å². The topological polar surface area (TPSA) is 32.3 Å². The Labute approximate surface area is 118 Å². The Balaban J connectivity index is 1.81. The Kier molecular flexibility index (Phi) is 3.50. The minimum atomic E-state index is 0.154. The molecule has 0 aliphatic carbocycles. The molecule has 2 aliphatic rings. The van der Waals surface area contributed by atoms with Gasteiger partial charge in [0.2, 0.25) is 5.91 Å². The summed E-state index contributed by atoms with van der Waals surface area (Å²) in [6, 6.07) is 6.28. The second-order valence-electron chi connectivity index (χ2n) is 5.55. The average molecular weight is 279 g/mol. The summed E-state index contributed by atoms with van der Waals surface area (Å²) in [6.07, 6.45) is 2.75. The molecule has 1 N–H and O–H groups in total. The minimum Gasteiger partial charge on any atom is -0.314 e. The Bertz CT molecular complexity index is 503. The molecule has 2 heterocycles. The van der Waals surface area contributed by atoms with Crippen molar-refractivity contribution in [2.75, 3.05) is 18.0 Å². The molecule has 4 heteroatoms. The summed E-state index contributed by atoms with van der Waals surface area (Å²) in [6.45, 7) is 3.86. The van der Waals surface area contributed by atoms with Crippen molar-refractivity contribution in [2.24, 2.45) is 5.92 Å². The van der Waals surface area contributed by atoms with Gasteiger partial charge in [0, 0.05) is 29.2 Å². The van der Waals surface area contributed by atoms with E-state index in [1.807, 2.05) is 23.1 Å². The molecule has 1 saturated heterocycles. The van der Waals surface area contributed by atoms with Gasteiger partial charge in [-0.1, -0.05) is 17.7 Å². The number of benzene rings is 1. The summed E-state index contributed by atoms with van der Waals surface area (Å²) in [5, 5.41) is 4.18. The van der Waals surface area contributed by atoms with E-state index in [0.717, 1.165) is 48.6 Å². The molecule has 1 aromatic rings. The fourth-order valence-corrected chi connectivity index (χ4v) is 3.46. The first-order valence-electron chi connectivity index (χ1n) is 6.99. The van der Waals surface area contributed by atoms with Crippen molar-refractivity contribution >= 4 is 23.2 Å². The van der Waals surface area contributed by atoms with Crippen LogP contribution >= 0.6 is 11.6 Å². The average Bonchev–Trinajstić information content (AvgIpc) is 2.83. The highest BCUT2D eigenvalue weighted by Gasteiger charge is 2.33. The molecular formula is C15H19ClN2O. The summed E-state index contributed by atoms with van der Waals surface area (Å²) in [5.74, 6) is 0.426. The van der Waals surface area contributed by atoms with Gasteiger partial charge in [-0.15, -0.1) is 0 Å². The molecule has 19 heavy (non-hydrogen) atoms. The van der Waals surface area contributed by atoms with Gasteiger partial charge in [0.1, 0.15) is 0 Å². The van der Waals surface area contributed by atoms with E-state index in [9.17, 15) is 4.79 Å². The van der Waals surface area contributed by atoms with Gasteiger partial charge in [-0.2, -0.15) is 0 Å². The summed E-state index contributed by atoms with van der Waals surface area (Å²) in [4.78, 5) is 14.6. The van der Waals surface area contributed by atoms with Gasteiger partial charge < -0.3 is 10.2 Å². The second-order valence-corrected chi connectivity index (χ2v) is 5.96. The number of carbonyl (C=O) groups excluding carboxylic acids is 1. The Morgan fingerprint density at radius 3 is 3.11 bits per heavy atom. The minimum absolute atomic E-state index is 0.154. The number of nitrogens with zero attached hydrogens (tertiary/aromatic N) is 1. The van der Waals surface area contributed by atoms with Crippen molar-refractivity contribution in [3.05, 3.63) is 28.8 Å². The number of rotatable bonds is 1. The zero-order chi connectivity index (χ0) is 13.4. The lowest BCUT2D eigenvalue weighted by Gasteiger charge is -2.30. The Morgan fingerprint density at radius 2 is 2.32 bits per heavy atom. The molecule has 2 aliphatic heterocycles. The van der Waals surface area contributed by atoms with Crippen LogP contribution in [0.4, 0.5) is 5.69 Å². The molecule has 3 nitrogen and oxygen atoms in total. The number of hydrogen-bond donors (Lipinski definition) is 1. The van der Waals surface area contributed by atoms with Crippen LogP contribution in [-0.4, -0.2) is 25.0 Å². The molecule has 1 fully saturated rings. The van der Waals surface area contributed by atoms with Crippen molar-refractivity contribution in [2.45, 2.75) is 32.2 Å². The van der Waals surface area contributed by atoms with E-state index in [1.165, 1.54) is 0 Å². The maximum Gasteiger partial charge on any atom is 0.230 e. The maximum absolute atomic E-state index is 12.7. The van der Waals surface area contributed by atoms with Crippen LogP contribution < -0.4 is 10.2 Å². The van der Waals surface area contributed by atoms with Gasteiger partial charge in [0.05, 0.1) is 0 Å². The highest BCUT2D eigenvalue weighted by Crippen LogP contribution is 2.35. The van der Waals surface area contributed by atoms with E-state index < -0.39 is 0 Å². The van der Waals surface area contributed by atoms with E-state index in [0.29, 0.717) is 6.04 Å². The number of hydrogen-bond acceptors (Lipinski definition) is 2. The van der Waals surface area contributed by atoms with Crippen LogP contribution in [0.15, 0.2) is 18.2 Å². The molecule has 3 rings (SSSR count). The molecule has 0 unspecified atom stereocenters. The van der Waals surface area contributed by atoms with E-state index in [-0.39, 0.29) is 11.8 Å². The third-order valence-electron chi connectivity index (χ3n) is 4.21. The highest BCUT2D eigenvalue weighted by molar-refractivity contribution is 6.32. The largest absolute Gasteiger partial charge is 0.314 e. The molecular weight excluding hydrogens is 260 g/mol. The molecule has 0 spiro atoms. The van der Waals surface area contributed by atoms with Gasteiger partial charge >= 0.3 is 0 Å². The summed E-state index contributed by atoms with van der Waals surface area (Å²) >= 11 is 6.20. The van der Waals surface area contributed by atoms with Crippen molar-refractivity contribution in [3.8, 4) is 0 Å². The van der Waals surface area contributed by atoms with Crippen LogP contribution in [0.1, 0.15) is 25.3 Å². The van der Waals surface area contributed by atoms with Crippen molar-refractivity contribution in [3.63, 3.8) is 0 Å². The standard InChI is InChI=1S/C15H19ClN2O/c1-10-9-11(5-7-17-10)15(19)18-8-6-12-13(16)3-2-4-14(12)18/h2-4,10-11,17H,5-9H2,1H3/t10-,11-/m0/s1. The molecule has 102 valence electrons. The van der Waals surface area contributed by atoms with Gasteiger partial charge in [0.25, 0.3) is 0 Å². The normalized spacial score (nSPS) is 26.3. The highest BCUT2D eigenvalue weighted by atomic mass is 35.5. The number of piperidine rings is 1. The van der Waals surface area contributed by atoms with Crippen LogP contribution in [0.3, 0.4) is 0 Å². The lowest BCUT2D eigenvalue weighted by molar-refractivity contribution is -0.123. The fraction of sp³-hybridized carbons (Fsp3) is 0.533. The Morgan fingerprint density at radius 1 is 1.47 bits per heavy atom. The zero-order valence-corrected chi connectivity index (χ0v) is 11.9. The van der Waals surface area contributed by atoms with Crippen LogP contribution in [-0.2, 0) is 11.2 Å². The maximum atomic E-state index is 12.7. The van der Waals surface area contributed by atoms with Gasteiger partial charge in [0.15, 0.2) is 0 Å². The predicted octanol–water partition coefficient (Wildman–Crippen LogP) is 2.62. The van der Waals surface area contributed by atoms with E-state index in [1.54, 1.807) is 0 Å². The SMILES string of the molecule is C[C@H]1C[C@@H](C(=O)N2CCc3c(Cl)cccc32)CCN1. The van der Waals surface area contributed by atoms with Crippen molar-refractivity contribution in [1.82, 2.24) is 5.32 Å². The first kappa shape index (κ1) is 12.9. The van der Waals surface area contributed by atoms with Crippen LogP contribution in [0.25, 0.3) is 0 Å². The Hall–Kier alpha value is -1.06. The molecule has 0 bridgehead atoms. The van der Waals surface area contributed by atoms with E-state index in [4.69, 9.17) is 11.6 Å². The quantitative estimate of drug-likeness (QED) is 0.856. The number of amides is 1. The van der Waals surface area contributed by atoms with Crippen molar-refractivity contribution in [1.29, 1.82) is 0 Å². The number of nitrogens with one attached hydrogen (secondary N) is 1. The zero-order valence-electron chi connectivity index (χ0n) is 11.2. The number of anilines is 1. The number of halogens is 1. The molecule has 0 aromatic heterocycles. The third kappa shape index (κ3) is 2.37. The summed E-state index contributed by atoms with van der Waals surface area (Å²) in [5.41, 5.74) is 2.14. The third-order valence-corrected chi connectivity index (χ3v) is 4.56. The molecule has 0 saturated carbocycles. The lowest BCUT2D eigenvalue weighted by atomic mass is 9.92. The van der Waals surface area contributed by atoms with Crippen molar-refractivity contribution < 1.29 is 4.79 Å². The number of carbonyl (C=O) groups is 1. The van der Waals surface area contributed by atoms with E-state index in [2.05, 4.69) is 12.2 Å². The first-order valence-corrected chi connectivity index (χ1v) is 7.37.